The minimum absolute atomic E-state index is 0.123. The second kappa shape index (κ2) is 5.19. The molecule has 0 bridgehead atoms. The van der Waals surface area contributed by atoms with Gasteiger partial charge in [0.2, 0.25) is 0 Å². The highest BCUT2D eigenvalue weighted by Crippen LogP contribution is 2.29. The van der Waals surface area contributed by atoms with Crippen LogP contribution in [0.25, 0.3) is 11.0 Å². The Balaban J connectivity index is 1.89. The van der Waals surface area contributed by atoms with Crippen molar-refractivity contribution < 1.29 is 4.42 Å². The van der Waals surface area contributed by atoms with Crippen LogP contribution in [-0.4, -0.2) is 0 Å². The first-order valence-corrected chi connectivity index (χ1v) is 7.01. The first-order chi connectivity index (χ1) is 9.24. The minimum atomic E-state index is -0.123. The van der Waals surface area contributed by atoms with E-state index < -0.39 is 0 Å². The first kappa shape index (κ1) is 12.5. The molecule has 2 aromatic carbocycles. The summed E-state index contributed by atoms with van der Waals surface area (Å²) in [4.78, 5) is 0. The van der Waals surface area contributed by atoms with Crippen molar-refractivity contribution in [3.05, 3.63) is 70.4 Å². The molecule has 0 aliphatic rings. The number of hydrogen-bond acceptors (Lipinski definition) is 2. The smallest absolute Gasteiger partial charge is 0.148 e. The number of rotatable bonds is 3. The van der Waals surface area contributed by atoms with Crippen LogP contribution < -0.4 is 5.73 Å². The fourth-order valence-corrected chi connectivity index (χ4v) is 2.66. The molecule has 0 saturated heterocycles. The second-order valence-corrected chi connectivity index (χ2v) is 5.46. The molecular weight excluding hydrogens is 302 g/mol. The minimum Gasteiger partial charge on any atom is -0.458 e. The lowest BCUT2D eigenvalue weighted by Crippen LogP contribution is -2.12. The zero-order chi connectivity index (χ0) is 13.2. The number of nitrogens with two attached hydrogens (primary N) is 1. The van der Waals surface area contributed by atoms with E-state index in [9.17, 15) is 0 Å². The summed E-state index contributed by atoms with van der Waals surface area (Å²) in [5.74, 6) is 0.825. The third kappa shape index (κ3) is 2.57. The van der Waals surface area contributed by atoms with Crippen molar-refractivity contribution in [3.63, 3.8) is 0 Å². The van der Waals surface area contributed by atoms with Gasteiger partial charge in [0, 0.05) is 5.39 Å². The molecule has 2 N–H and O–H groups in total. The Morgan fingerprint density at radius 2 is 1.84 bits per heavy atom. The Morgan fingerprint density at radius 3 is 2.58 bits per heavy atom. The van der Waals surface area contributed by atoms with Gasteiger partial charge in [-0.25, -0.2) is 0 Å². The number of benzene rings is 2. The molecule has 0 spiro atoms. The van der Waals surface area contributed by atoms with E-state index in [0.29, 0.717) is 0 Å². The third-order valence-corrected chi connectivity index (χ3v) is 3.80. The molecule has 0 radical (unpaired) electrons. The van der Waals surface area contributed by atoms with E-state index in [0.717, 1.165) is 27.6 Å². The molecule has 2 nitrogen and oxygen atoms in total. The predicted octanol–water partition coefficient (Wildman–Crippen LogP) is 4.44. The number of hydrogen-bond donors (Lipinski definition) is 1. The molecule has 0 saturated carbocycles. The van der Waals surface area contributed by atoms with Gasteiger partial charge in [-0.05, 0) is 40.0 Å². The number of halogens is 1. The average Bonchev–Trinajstić information content (AvgIpc) is 2.85. The van der Waals surface area contributed by atoms with Crippen LogP contribution in [0.1, 0.15) is 17.4 Å². The van der Waals surface area contributed by atoms with Crippen LogP contribution in [0, 0.1) is 0 Å². The summed E-state index contributed by atoms with van der Waals surface area (Å²) in [5, 5.41) is 1.08. The predicted molar refractivity (Wildman–Crippen MR) is 81.0 cm³/mol. The van der Waals surface area contributed by atoms with Crippen LogP contribution in [0.5, 0.6) is 0 Å². The monoisotopic (exact) mass is 315 g/mol. The number of furan rings is 1. The quantitative estimate of drug-likeness (QED) is 0.776. The van der Waals surface area contributed by atoms with E-state index in [-0.39, 0.29) is 6.04 Å². The summed E-state index contributed by atoms with van der Waals surface area (Å²) in [6.45, 7) is 0. The van der Waals surface area contributed by atoms with Crippen molar-refractivity contribution in [2.24, 2.45) is 5.73 Å². The van der Waals surface area contributed by atoms with Gasteiger partial charge >= 0.3 is 0 Å². The molecule has 1 aromatic heterocycles. The van der Waals surface area contributed by atoms with Gasteiger partial charge < -0.3 is 10.2 Å². The van der Waals surface area contributed by atoms with Crippen LogP contribution in [0.3, 0.4) is 0 Å². The lowest BCUT2D eigenvalue weighted by molar-refractivity contribution is 0.493. The molecule has 1 heterocycles. The molecule has 3 aromatic rings. The molecule has 0 aliphatic carbocycles. The second-order valence-electron chi connectivity index (χ2n) is 4.60. The van der Waals surface area contributed by atoms with Gasteiger partial charge in [-0.2, -0.15) is 0 Å². The summed E-state index contributed by atoms with van der Waals surface area (Å²) in [6.07, 6.45) is 0.776. The molecule has 3 heteroatoms. The number of fused-ring (bicyclic) bond motifs is 1. The van der Waals surface area contributed by atoms with Gasteiger partial charge in [-0.1, -0.05) is 42.5 Å². The van der Waals surface area contributed by atoms with Crippen molar-refractivity contribution >= 4 is 26.9 Å². The first-order valence-electron chi connectivity index (χ1n) is 6.21. The van der Waals surface area contributed by atoms with Gasteiger partial charge in [0.1, 0.15) is 11.3 Å². The highest BCUT2D eigenvalue weighted by Gasteiger charge is 2.13. The standard InChI is InChI=1S/C16H14BrNO/c17-13-8-4-7-12-10-15(19-16(12)13)14(18)9-11-5-2-1-3-6-11/h1-8,10,14H,9,18H2. The van der Waals surface area contributed by atoms with Crippen molar-refractivity contribution in [1.29, 1.82) is 0 Å². The maximum absolute atomic E-state index is 6.23. The molecule has 1 atom stereocenters. The van der Waals surface area contributed by atoms with E-state index in [1.165, 1.54) is 5.56 Å². The highest BCUT2D eigenvalue weighted by atomic mass is 79.9. The topological polar surface area (TPSA) is 39.2 Å². The summed E-state index contributed by atoms with van der Waals surface area (Å²) in [7, 11) is 0. The molecule has 19 heavy (non-hydrogen) atoms. The van der Waals surface area contributed by atoms with Gasteiger partial charge in [-0.3, -0.25) is 0 Å². The zero-order valence-corrected chi connectivity index (χ0v) is 11.9. The van der Waals surface area contributed by atoms with Crippen LogP contribution in [0.2, 0.25) is 0 Å². The molecular formula is C16H14BrNO. The van der Waals surface area contributed by atoms with Crippen LogP contribution >= 0.6 is 15.9 Å². The Bertz CT molecular complexity index is 690. The van der Waals surface area contributed by atoms with Gasteiger partial charge in [0.25, 0.3) is 0 Å². The normalized spacial score (nSPS) is 12.7. The maximum Gasteiger partial charge on any atom is 0.148 e. The Morgan fingerprint density at radius 1 is 1.05 bits per heavy atom. The average molecular weight is 316 g/mol. The van der Waals surface area contributed by atoms with Crippen molar-refractivity contribution in [1.82, 2.24) is 0 Å². The molecule has 0 aliphatic heterocycles. The fraction of sp³-hybridized carbons (Fsp3) is 0.125. The van der Waals surface area contributed by atoms with Crippen LogP contribution in [0.15, 0.2) is 63.5 Å². The van der Waals surface area contributed by atoms with Crippen molar-refractivity contribution in [3.8, 4) is 0 Å². The highest BCUT2D eigenvalue weighted by molar-refractivity contribution is 9.10. The third-order valence-electron chi connectivity index (χ3n) is 3.18. The van der Waals surface area contributed by atoms with E-state index in [4.69, 9.17) is 10.2 Å². The summed E-state index contributed by atoms with van der Waals surface area (Å²) < 4.78 is 6.82. The van der Waals surface area contributed by atoms with Gasteiger partial charge in [0.05, 0.1) is 10.5 Å². The Kier molecular flexibility index (Phi) is 3.40. The lowest BCUT2D eigenvalue weighted by atomic mass is 10.0. The molecule has 0 amide bonds. The van der Waals surface area contributed by atoms with Gasteiger partial charge in [0.15, 0.2) is 0 Å². The Labute approximate surface area is 120 Å². The largest absolute Gasteiger partial charge is 0.458 e. The molecule has 96 valence electrons. The maximum atomic E-state index is 6.23. The number of para-hydroxylation sites is 1. The van der Waals surface area contributed by atoms with Gasteiger partial charge in [-0.15, -0.1) is 0 Å². The van der Waals surface area contributed by atoms with E-state index in [1.54, 1.807) is 0 Å². The SMILES string of the molecule is NC(Cc1ccccc1)c1cc2cccc(Br)c2o1. The van der Waals surface area contributed by atoms with E-state index in [2.05, 4.69) is 28.1 Å². The molecule has 1 unspecified atom stereocenters. The summed E-state index contributed by atoms with van der Waals surface area (Å²) in [6, 6.07) is 18.1. The van der Waals surface area contributed by atoms with Crippen LogP contribution in [0.4, 0.5) is 0 Å². The van der Waals surface area contributed by atoms with Crippen molar-refractivity contribution in [2.45, 2.75) is 12.5 Å². The lowest BCUT2D eigenvalue weighted by Gasteiger charge is -2.08. The fourth-order valence-electron chi connectivity index (χ4n) is 2.20. The van der Waals surface area contributed by atoms with Crippen molar-refractivity contribution in [2.75, 3.05) is 0 Å². The van der Waals surface area contributed by atoms with Crippen LogP contribution in [-0.2, 0) is 6.42 Å². The molecule has 3 rings (SSSR count). The zero-order valence-electron chi connectivity index (χ0n) is 10.3. The Hall–Kier alpha value is -1.58. The van der Waals surface area contributed by atoms with E-state index >= 15 is 0 Å². The summed E-state index contributed by atoms with van der Waals surface area (Å²) in [5.41, 5.74) is 8.31. The molecule has 0 fully saturated rings. The summed E-state index contributed by atoms with van der Waals surface area (Å²) >= 11 is 3.49. The van der Waals surface area contributed by atoms with E-state index in [1.807, 2.05) is 42.5 Å².